The van der Waals surface area contributed by atoms with Gasteiger partial charge in [-0.05, 0) is 48.4 Å². The molecule has 0 saturated heterocycles. The van der Waals surface area contributed by atoms with Crippen molar-refractivity contribution in [1.29, 1.82) is 0 Å². The Kier molecular flexibility index (Phi) is 3.38. The molecule has 0 aliphatic rings. The van der Waals surface area contributed by atoms with Crippen LogP contribution in [0.1, 0.15) is 49.9 Å². The molecule has 0 unspecified atom stereocenters. The first-order chi connectivity index (χ1) is 6.86. The molecule has 0 atom stereocenters. The number of aryl methyl sites for hydroxylation is 2. The lowest BCUT2D eigenvalue weighted by atomic mass is 9.84. The summed E-state index contributed by atoms with van der Waals surface area (Å²) in [4.78, 5) is 0. The SMILES string of the molecule is C/C=C/c1c(C)cc(C(C)(C)C)cc1C. The zero-order valence-corrected chi connectivity index (χ0v) is 10.8. The number of hydrogen-bond acceptors (Lipinski definition) is 0. The van der Waals surface area contributed by atoms with Crippen molar-refractivity contribution in [1.82, 2.24) is 0 Å². The Balaban J connectivity index is 3.32. The highest BCUT2D eigenvalue weighted by atomic mass is 14.2. The van der Waals surface area contributed by atoms with Crippen molar-refractivity contribution in [3.8, 4) is 0 Å². The summed E-state index contributed by atoms with van der Waals surface area (Å²) in [5.74, 6) is 0. The summed E-state index contributed by atoms with van der Waals surface area (Å²) in [5.41, 5.74) is 5.77. The van der Waals surface area contributed by atoms with Gasteiger partial charge in [0.25, 0.3) is 0 Å². The normalized spacial score (nSPS) is 12.4. The molecule has 0 heteroatoms. The van der Waals surface area contributed by atoms with Gasteiger partial charge < -0.3 is 0 Å². The molecule has 0 aliphatic heterocycles. The van der Waals surface area contributed by atoms with Crippen LogP contribution < -0.4 is 0 Å². The predicted molar refractivity (Wildman–Crippen MR) is 69.3 cm³/mol. The summed E-state index contributed by atoms with van der Waals surface area (Å²) in [7, 11) is 0. The van der Waals surface area contributed by atoms with Crippen molar-refractivity contribution >= 4 is 6.08 Å². The summed E-state index contributed by atoms with van der Waals surface area (Å²) in [6.45, 7) is 13.2. The average molecular weight is 202 g/mol. The fraction of sp³-hybridized carbons (Fsp3) is 0.467. The minimum absolute atomic E-state index is 0.240. The highest BCUT2D eigenvalue weighted by Gasteiger charge is 2.15. The van der Waals surface area contributed by atoms with Gasteiger partial charge in [-0.15, -0.1) is 0 Å². The molecule has 0 bridgehead atoms. The van der Waals surface area contributed by atoms with E-state index >= 15 is 0 Å². The molecule has 1 aromatic rings. The number of allylic oxidation sites excluding steroid dienone is 1. The van der Waals surface area contributed by atoms with Crippen molar-refractivity contribution in [3.05, 3.63) is 40.5 Å². The third-order valence-corrected chi connectivity index (χ3v) is 2.79. The third kappa shape index (κ3) is 2.71. The predicted octanol–water partition coefficient (Wildman–Crippen LogP) is 4.63. The fourth-order valence-corrected chi connectivity index (χ4v) is 1.84. The van der Waals surface area contributed by atoms with Crippen molar-refractivity contribution < 1.29 is 0 Å². The maximum Gasteiger partial charge on any atom is -0.0132 e. The molecule has 0 saturated carbocycles. The highest BCUT2D eigenvalue weighted by molar-refractivity contribution is 5.58. The molecule has 0 spiro atoms. The van der Waals surface area contributed by atoms with Crippen molar-refractivity contribution in [2.45, 2.75) is 47.0 Å². The molecule has 0 aliphatic carbocycles. The Bertz CT molecular complexity index is 353. The van der Waals surface area contributed by atoms with Crippen molar-refractivity contribution in [2.75, 3.05) is 0 Å². The molecular weight excluding hydrogens is 180 g/mol. The van der Waals surface area contributed by atoms with Gasteiger partial charge in [0, 0.05) is 0 Å². The van der Waals surface area contributed by atoms with Crippen LogP contribution in [0.25, 0.3) is 6.08 Å². The van der Waals surface area contributed by atoms with Crippen LogP contribution in [0.4, 0.5) is 0 Å². The van der Waals surface area contributed by atoms with Gasteiger partial charge in [0.2, 0.25) is 0 Å². The summed E-state index contributed by atoms with van der Waals surface area (Å²) in [5, 5.41) is 0. The van der Waals surface area contributed by atoms with Crippen LogP contribution in [-0.4, -0.2) is 0 Å². The number of benzene rings is 1. The van der Waals surface area contributed by atoms with Gasteiger partial charge in [0.15, 0.2) is 0 Å². The van der Waals surface area contributed by atoms with E-state index in [0.29, 0.717) is 0 Å². The minimum Gasteiger partial charge on any atom is -0.0870 e. The molecule has 0 heterocycles. The average Bonchev–Trinajstić information content (AvgIpc) is 2.09. The topological polar surface area (TPSA) is 0 Å². The molecule has 0 radical (unpaired) electrons. The summed E-state index contributed by atoms with van der Waals surface area (Å²) in [6.07, 6.45) is 4.29. The Morgan fingerprint density at radius 3 is 1.80 bits per heavy atom. The zero-order valence-electron chi connectivity index (χ0n) is 10.8. The van der Waals surface area contributed by atoms with Crippen LogP contribution in [0.2, 0.25) is 0 Å². The summed E-state index contributed by atoms with van der Waals surface area (Å²) < 4.78 is 0. The molecule has 1 aromatic carbocycles. The Morgan fingerprint density at radius 1 is 1.00 bits per heavy atom. The van der Waals surface area contributed by atoms with Crippen LogP contribution in [-0.2, 0) is 5.41 Å². The molecule has 0 aromatic heterocycles. The van der Waals surface area contributed by atoms with Crippen LogP contribution in [0.5, 0.6) is 0 Å². The molecule has 15 heavy (non-hydrogen) atoms. The molecule has 1 rings (SSSR count). The maximum absolute atomic E-state index is 2.31. The summed E-state index contributed by atoms with van der Waals surface area (Å²) in [6, 6.07) is 4.62. The summed E-state index contributed by atoms with van der Waals surface area (Å²) >= 11 is 0. The first-order valence-corrected chi connectivity index (χ1v) is 5.60. The number of rotatable bonds is 1. The highest BCUT2D eigenvalue weighted by Crippen LogP contribution is 2.27. The van der Waals surface area contributed by atoms with E-state index < -0.39 is 0 Å². The van der Waals surface area contributed by atoms with Gasteiger partial charge in [0.05, 0.1) is 0 Å². The quantitative estimate of drug-likeness (QED) is 0.622. The standard InChI is InChI=1S/C15H22/c1-7-8-14-11(2)9-13(10-12(14)3)15(4,5)6/h7-10H,1-6H3/b8-7+. The Labute approximate surface area is 94.0 Å². The first-order valence-electron chi connectivity index (χ1n) is 5.60. The van der Waals surface area contributed by atoms with Crippen LogP contribution in [0, 0.1) is 13.8 Å². The van der Waals surface area contributed by atoms with E-state index in [1.807, 2.05) is 0 Å². The molecular formula is C15H22. The minimum atomic E-state index is 0.240. The van der Waals surface area contributed by atoms with E-state index in [4.69, 9.17) is 0 Å². The van der Waals surface area contributed by atoms with Crippen LogP contribution >= 0.6 is 0 Å². The molecule has 0 nitrogen and oxygen atoms in total. The molecule has 82 valence electrons. The number of hydrogen-bond donors (Lipinski definition) is 0. The lowest BCUT2D eigenvalue weighted by Crippen LogP contribution is -2.12. The van der Waals surface area contributed by atoms with E-state index in [0.717, 1.165) is 0 Å². The van der Waals surface area contributed by atoms with Gasteiger partial charge in [-0.3, -0.25) is 0 Å². The second kappa shape index (κ2) is 4.22. The zero-order chi connectivity index (χ0) is 11.6. The van der Waals surface area contributed by atoms with Crippen LogP contribution in [0.3, 0.4) is 0 Å². The third-order valence-electron chi connectivity index (χ3n) is 2.79. The lowest BCUT2D eigenvalue weighted by Gasteiger charge is -2.21. The second-order valence-corrected chi connectivity index (χ2v) is 5.27. The van der Waals surface area contributed by atoms with Gasteiger partial charge >= 0.3 is 0 Å². The van der Waals surface area contributed by atoms with Gasteiger partial charge in [-0.1, -0.05) is 45.1 Å². The van der Waals surface area contributed by atoms with E-state index in [2.05, 4.69) is 65.8 Å². The Morgan fingerprint density at radius 2 is 1.47 bits per heavy atom. The van der Waals surface area contributed by atoms with E-state index in [1.165, 1.54) is 22.3 Å². The first kappa shape index (κ1) is 12.0. The Hall–Kier alpha value is -1.04. The van der Waals surface area contributed by atoms with Crippen molar-refractivity contribution in [3.63, 3.8) is 0 Å². The van der Waals surface area contributed by atoms with Gasteiger partial charge in [-0.2, -0.15) is 0 Å². The molecule has 0 amide bonds. The fourth-order valence-electron chi connectivity index (χ4n) is 1.84. The van der Waals surface area contributed by atoms with Crippen LogP contribution in [0.15, 0.2) is 18.2 Å². The largest absolute Gasteiger partial charge is 0.0870 e. The van der Waals surface area contributed by atoms with Gasteiger partial charge in [0.1, 0.15) is 0 Å². The van der Waals surface area contributed by atoms with Gasteiger partial charge in [-0.25, -0.2) is 0 Å². The van der Waals surface area contributed by atoms with E-state index in [9.17, 15) is 0 Å². The lowest BCUT2D eigenvalue weighted by molar-refractivity contribution is 0.589. The molecule has 0 N–H and O–H groups in total. The maximum atomic E-state index is 2.31. The van der Waals surface area contributed by atoms with E-state index in [1.54, 1.807) is 0 Å². The smallest absolute Gasteiger partial charge is 0.0132 e. The molecule has 0 fully saturated rings. The monoisotopic (exact) mass is 202 g/mol. The second-order valence-electron chi connectivity index (χ2n) is 5.27. The van der Waals surface area contributed by atoms with Crippen molar-refractivity contribution in [2.24, 2.45) is 0 Å². The van der Waals surface area contributed by atoms with E-state index in [-0.39, 0.29) is 5.41 Å².